The second kappa shape index (κ2) is 11.7. The van der Waals surface area contributed by atoms with Crippen molar-refractivity contribution in [3.63, 3.8) is 0 Å². The summed E-state index contributed by atoms with van der Waals surface area (Å²) in [5.41, 5.74) is 5.07. The van der Waals surface area contributed by atoms with Crippen LogP contribution in [0.25, 0.3) is 0 Å². The molecule has 0 aromatic rings. The highest BCUT2D eigenvalue weighted by atomic mass is 16.6. The van der Waals surface area contributed by atoms with Crippen molar-refractivity contribution in [2.24, 2.45) is 5.73 Å². The van der Waals surface area contributed by atoms with Crippen LogP contribution in [0.15, 0.2) is 0 Å². The van der Waals surface area contributed by atoms with Gasteiger partial charge in [0.1, 0.15) is 0 Å². The van der Waals surface area contributed by atoms with Crippen molar-refractivity contribution in [3.05, 3.63) is 5.21 Å². The molecule has 0 heterocycles. The summed E-state index contributed by atoms with van der Waals surface area (Å²) in [4.78, 5) is 23.0. The Labute approximate surface area is 129 Å². The minimum Gasteiger partial charge on any atom is -0.616 e. The maximum atomic E-state index is 12.1. The second-order valence-corrected chi connectivity index (χ2v) is 5.77. The first-order valence-corrected chi connectivity index (χ1v) is 8.41. The maximum Gasteiger partial charge on any atom is 0.421 e. The van der Waals surface area contributed by atoms with Crippen molar-refractivity contribution in [3.8, 4) is 0 Å². The van der Waals surface area contributed by atoms with Crippen LogP contribution < -0.4 is 5.73 Å². The first kappa shape index (κ1) is 20.1. The number of hydroxylamine groups is 3. The monoisotopic (exact) mass is 300 g/mol. The Hall–Kier alpha value is -0.940. The van der Waals surface area contributed by atoms with E-state index in [1.165, 1.54) is 38.5 Å². The molecule has 2 N–H and O–H groups in total. The number of urea groups is 1. The SMILES string of the molecule is CCCCCCCCCCCC(=O)[N+]([O-])(CCC)C(N)=O. The highest BCUT2D eigenvalue weighted by molar-refractivity contribution is 5.83. The summed E-state index contributed by atoms with van der Waals surface area (Å²) in [6.07, 6.45) is 10.9. The summed E-state index contributed by atoms with van der Waals surface area (Å²) in [5, 5.41) is 12.1. The summed E-state index contributed by atoms with van der Waals surface area (Å²) >= 11 is 0. The van der Waals surface area contributed by atoms with Crippen molar-refractivity contribution in [2.75, 3.05) is 6.54 Å². The van der Waals surface area contributed by atoms with Gasteiger partial charge in [0, 0.05) is 0 Å². The lowest BCUT2D eigenvalue weighted by Crippen LogP contribution is -2.55. The molecule has 5 nitrogen and oxygen atoms in total. The summed E-state index contributed by atoms with van der Waals surface area (Å²) in [6.45, 7) is 3.92. The molecule has 0 radical (unpaired) electrons. The molecule has 0 bridgehead atoms. The summed E-state index contributed by atoms with van der Waals surface area (Å²) in [7, 11) is 0. The zero-order valence-electron chi connectivity index (χ0n) is 13.7. The normalized spacial score (nSPS) is 13.9. The third-order valence-corrected chi connectivity index (χ3v) is 3.79. The van der Waals surface area contributed by atoms with Gasteiger partial charge in [-0.15, -0.1) is 0 Å². The molecule has 0 rings (SSSR count). The lowest BCUT2D eigenvalue weighted by molar-refractivity contribution is -0.719. The fraction of sp³-hybridized carbons (Fsp3) is 0.875. The fourth-order valence-corrected chi connectivity index (χ4v) is 2.44. The molecule has 1 unspecified atom stereocenters. The molecule has 1 atom stereocenters. The van der Waals surface area contributed by atoms with E-state index in [9.17, 15) is 14.8 Å². The molecule has 5 heteroatoms. The quantitative estimate of drug-likeness (QED) is 0.332. The van der Waals surface area contributed by atoms with Crippen LogP contribution in [0.1, 0.15) is 84.5 Å². The van der Waals surface area contributed by atoms with E-state index in [1.807, 2.05) is 0 Å². The Morgan fingerprint density at radius 3 is 1.76 bits per heavy atom. The molecule has 0 saturated carbocycles. The molecule has 0 saturated heterocycles. The number of amides is 3. The van der Waals surface area contributed by atoms with Gasteiger partial charge in [-0.3, -0.25) is 0 Å². The fourth-order valence-electron chi connectivity index (χ4n) is 2.44. The number of primary amides is 1. The Morgan fingerprint density at radius 2 is 1.33 bits per heavy atom. The molecule has 0 aromatic carbocycles. The average molecular weight is 300 g/mol. The van der Waals surface area contributed by atoms with Gasteiger partial charge in [-0.1, -0.05) is 65.2 Å². The zero-order valence-corrected chi connectivity index (χ0v) is 13.7. The predicted molar refractivity (Wildman–Crippen MR) is 85.2 cm³/mol. The van der Waals surface area contributed by atoms with Crippen LogP contribution >= 0.6 is 0 Å². The van der Waals surface area contributed by atoms with E-state index in [0.717, 1.165) is 12.8 Å². The Balaban J connectivity index is 3.76. The Bertz CT molecular complexity index is 308. The predicted octanol–water partition coefficient (Wildman–Crippen LogP) is 4.24. The minimum absolute atomic E-state index is 0.0500. The van der Waals surface area contributed by atoms with Crippen LogP contribution in [0.4, 0.5) is 4.79 Å². The first-order valence-electron chi connectivity index (χ1n) is 8.41. The van der Waals surface area contributed by atoms with Crippen molar-refractivity contribution >= 4 is 11.9 Å². The average Bonchev–Trinajstić information content (AvgIpc) is 2.45. The topological polar surface area (TPSA) is 83.2 Å². The molecule has 0 fully saturated rings. The molecular weight excluding hydrogens is 268 g/mol. The number of carbonyl (C=O) groups is 2. The van der Waals surface area contributed by atoms with E-state index >= 15 is 0 Å². The van der Waals surface area contributed by atoms with E-state index in [-0.39, 0.29) is 13.0 Å². The van der Waals surface area contributed by atoms with Gasteiger partial charge < -0.3 is 10.9 Å². The number of rotatable bonds is 12. The Kier molecular flexibility index (Phi) is 11.2. The minimum atomic E-state index is -1.49. The van der Waals surface area contributed by atoms with Gasteiger partial charge >= 0.3 is 11.9 Å². The number of unbranched alkanes of at least 4 members (excludes halogenated alkanes) is 8. The van der Waals surface area contributed by atoms with Gasteiger partial charge in [0.15, 0.2) is 0 Å². The number of quaternary nitrogens is 1. The number of nitrogens with two attached hydrogens (primary N) is 1. The summed E-state index contributed by atoms with van der Waals surface area (Å²) in [6, 6.07) is -1.09. The summed E-state index contributed by atoms with van der Waals surface area (Å²) < 4.78 is -1.49. The third kappa shape index (κ3) is 8.17. The van der Waals surface area contributed by atoms with E-state index in [1.54, 1.807) is 6.92 Å². The molecule has 3 amide bonds. The standard InChI is InChI=1S/C16H32N2O3/c1-3-5-6-7-8-9-10-11-12-13-15(19)18(21,14-4-2)16(17)20/h3-14H2,1-2H3,(H2,17,20). The lowest BCUT2D eigenvalue weighted by Gasteiger charge is -2.34. The molecule has 0 aliphatic heterocycles. The van der Waals surface area contributed by atoms with E-state index in [0.29, 0.717) is 12.8 Å². The van der Waals surface area contributed by atoms with Crippen LogP contribution in [0, 0.1) is 5.21 Å². The van der Waals surface area contributed by atoms with Crippen LogP contribution in [0.5, 0.6) is 0 Å². The number of carbonyl (C=O) groups excluding carboxylic acids is 2. The maximum absolute atomic E-state index is 12.1. The van der Waals surface area contributed by atoms with Gasteiger partial charge in [0.25, 0.3) is 0 Å². The lowest BCUT2D eigenvalue weighted by atomic mass is 10.1. The second-order valence-electron chi connectivity index (χ2n) is 5.77. The largest absolute Gasteiger partial charge is 0.616 e. The molecule has 0 aliphatic carbocycles. The van der Waals surface area contributed by atoms with Gasteiger partial charge in [-0.05, 0) is 12.8 Å². The van der Waals surface area contributed by atoms with Crippen molar-refractivity contribution in [1.29, 1.82) is 0 Å². The highest BCUT2D eigenvalue weighted by Gasteiger charge is 2.32. The number of hydrogen-bond donors (Lipinski definition) is 1. The van der Waals surface area contributed by atoms with Gasteiger partial charge in [0.05, 0.1) is 13.0 Å². The number of imide groups is 1. The van der Waals surface area contributed by atoms with Gasteiger partial charge in [-0.25, -0.2) is 14.2 Å². The molecule has 21 heavy (non-hydrogen) atoms. The summed E-state index contributed by atoms with van der Waals surface area (Å²) in [5.74, 6) is -0.590. The first-order chi connectivity index (χ1) is 9.99. The van der Waals surface area contributed by atoms with Crippen LogP contribution in [-0.2, 0) is 4.79 Å². The van der Waals surface area contributed by atoms with Gasteiger partial charge in [0.2, 0.25) is 0 Å². The number of hydrogen-bond acceptors (Lipinski definition) is 3. The molecule has 0 spiro atoms. The van der Waals surface area contributed by atoms with Crippen LogP contribution in [0.2, 0.25) is 0 Å². The zero-order chi connectivity index (χ0) is 16.1. The van der Waals surface area contributed by atoms with Crippen LogP contribution in [0.3, 0.4) is 0 Å². The van der Waals surface area contributed by atoms with Crippen LogP contribution in [-0.4, -0.2) is 23.1 Å². The Morgan fingerprint density at radius 1 is 0.857 bits per heavy atom. The smallest absolute Gasteiger partial charge is 0.421 e. The molecular formula is C16H32N2O3. The van der Waals surface area contributed by atoms with Crippen molar-refractivity contribution in [1.82, 2.24) is 0 Å². The van der Waals surface area contributed by atoms with Crippen molar-refractivity contribution < 1.29 is 14.2 Å². The van der Waals surface area contributed by atoms with E-state index < -0.39 is 16.6 Å². The van der Waals surface area contributed by atoms with Crippen molar-refractivity contribution in [2.45, 2.75) is 84.5 Å². The number of nitrogens with zero attached hydrogens (tertiary/aromatic N) is 1. The van der Waals surface area contributed by atoms with E-state index in [2.05, 4.69) is 6.92 Å². The molecule has 0 aromatic heterocycles. The molecule has 0 aliphatic rings. The highest BCUT2D eigenvalue weighted by Crippen LogP contribution is 2.14. The molecule has 124 valence electrons. The van der Waals surface area contributed by atoms with E-state index in [4.69, 9.17) is 5.73 Å². The van der Waals surface area contributed by atoms with Gasteiger partial charge in [-0.2, -0.15) is 0 Å². The third-order valence-electron chi connectivity index (χ3n) is 3.79.